The Morgan fingerprint density at radius 3 is 2.70 bits per heavy atom. The van der Waals surface area contributed by atoms with Gasteiger partial charge in [-0.15, -0.1) is 0 Å². The standard InChI is InChI=1S/C19H29N/c1-19(13-7-2-8-14-19)15-20-18-12-6-4-10-16-9-3-5-11-17(16)18/h3,5,9,11,18,20H,2,4,6-8,10,12-15H2,1H3. The molecule has 0 aromatic heterocycles. The van der Waals surface area contributed by atoms with Gasteiger partial charge in [-0.25, -0.2) is 0 Å². The second-order valence-corrected chi connectivity index (χ2v) is 7.25. The normalized spacial score (nSPS) is 25.8. The van der Waals surface area contributed by atoms with E-state index in [-0.39, 0.29) is 0 Å². The lowest BCUT2D eigenvalue weighted by Gasteiger charge is -2.35. The van der Waals surface area contributed by atoms with Gasteiger partial charge in [0.25, 0.3) is 0 Å². The number of hydrogen-bond acceptors (Lipinski definition) is 1. The second kappa shape index (κ2) is 6.30. The summed E-state index contributed by atoms with van der Waals surface area (Å²) in [6.45, 7) is 3.69. The summed E-state index contributed by atoms with van der Waals surface area (Å²) in [6.07, 6.45) is 12.4. The molecular weight excluding hydrogens is 242 g/mol. The molecule has 0 aliphatic heterocycles. The number of fused-ring (bicyclic) bond motifs is 1. The highest BCUT2D eigenvalue weighted by molar-refractivity contribution is 5.31. The van der Waals surface area contributed by atoms with Crippen molar-refractivity contribution >= 4 is 0 Å². The second-order valence-electron chi connectivity index (χ2n) is 7.25. The average Bonchev–Trinajstić information content (AvgIpc) is 2.68. The summed E-state index contributed by atoms with van der Waals surface area (Å²) in [7, 11) is 0. The molecule has 1 N–H and O–H groups in total. The van der Waals surface area contributed by atoms with Gasteiger partial charge >= 0.3 is 0 Å². The maximum absolute atomic E-state index is 3.93. The molecule has 0 spiro atoms. The third-order valence-electron chi connectivity index (χ3n) is 5.46. The molecule has 3 rings (SSSR count). The molecule has 0 saturated heterocycles. The van der Waals surface area contributed by atoms with E-state index in [1.807, 2.05) is 0 Å². The van der Waals surface area contributed by atoms with Gasteiger partial charge in [-0.3, -0.25) is 0 Å². The van der Waals surface area contributed by atoms with Gasteiger partial charge in [-0.2, -0.15) is 0 Å². The summed E-state index contributed by atoms with van der Waals surface area (Å²) in [4.78, 5) is 0. The molecule has 0 heterocycles. The molecular formula is C19H29N. The third kappa shape index (κ3) is 3.25. The molecule has 0 amide bonds. The topological polar surface area (TPSA) is 12.0 Å². The Morgan fingerprint density at radius 1 is 1.05 bits per heavy atom. The Labute approximate surface area is 124 Å². The average molecular weight is 271 g/mol. The Hall–Kier alpha value is -0.820. The Bertz CT molecular complexity index is 431. The van der Waals surface area contributed by atoms with Crippen molar-refractivity contribution in [2.24, 2.45) is 5.41 Å². The van der Waals surface area contributed by atoms with Crippen LogP contribution in [0.1, 0.15) is 75.5 Å². The zero-order chi connectivity index (χ0) is 13.8. The van der Waals surface area contributed by atoms with Crippen LogP contribution < -0.4 is 5.32 Å². The lowest BCUT2D eigenvalue weighted by Crippen LogP contribution is -2.35. The van der Waals surface area contributed by atoms with Gasteiger partial charge in [0.05, 0.1) is 0 Å². The van der Waals surface area contributed by atoms with E-state index in [1.54, 1.807) is 11.1 Å². The van der Waals surface area contributed by atoms with Gasteiger partial charge in [0.2, 0.25) is 0 Å². The molecule has 20 heavy (non-hydrogen) atoms. The molecule has 1 aromatic rings. The van der Waals surface area contributed by atoms with Crippen molar-refractivity contribution in [1.82, 2.24) is 5.32 Å². The van der Waals surface area contributed by atoms with Crippen molar-refractivity contribution in [1.29, 1.82) is 0 Å². The fourth-order valence-electron chi connectivity index (χ4n) is 4.08. The first-order chi connectivity index (χ1) is 9.77. The smallest absolute Gasteiger partial charge is 0.0323 e. The van der Waals surface area contributed by atoms with Crippen LogP contribution in [-0.2, 0) is 6.42 Å². The van der Waals surface area contributed by atoms with Gasteiger partial charge in [0.1, 0.15) is 0 Å². The Kier molecular flexibility index (Phi) is 4.45. The van der Waals surface area contributed by atoms with Crippen molar-refractivity contribution in [2.45, 2.75) is 70.8 Å². The van der Waals surface area contributed by atoms with E-state index in [9.17, 15) is 0 Å². The summed E-state index contributed by atoms with van der Waals surface area (Å²) in [5, 5.41) is 3.93. The van der Waals surface area contributed by atoms with Gasteiger partial charge in [0.15, 0.2) is 0 Å². The van der Waals surface area contributed by atoms with Crippen LogP contribution in [0.2, 0.25) is 0 Å². The molecule has 110 valence electrons. The first-order valence-electron chi connectivity index (χ1n) is 8.58. The summed E-state index contributed by atoms with van der Waals surface area (Å²) in [6, 6.07) is 9.68. The SMILES string of the molecule is CC1(CNC2CCCCc3ccccc32)CCCCC1. The quantitative estimate of drug-likeness (QED) is 0.762. The number of benzene rings is 1. The minimum absolute atomic E-state index is 0.541. The summed E-state index contributed by atoms with van der Waals surface area (Å²) < 4.78 is 0. The maximum atomic E-state index is 3.93. The van der Waals surface area contributed by atoms with E-state index in [0.717, 1.165) is 0 Å². The highest BCUT2D eigenvalue weighted by Gasteiger charge is 2.28. The minimum atomic E-state index is 0.541. The van der Waals surface area contributed by atoms with E-state index in [2.05, 4.69) is 36.5 Å². The Morgan fingerprint density at radius 2 is 1.85 bits per heavy atom. The van der Waals surface area contributed by atoms with Gasteiger partial charge in [-0.05, 0) is 48.6 Å². The van der Waals surface area contributed by atoms with Crippen LogP contribution in [0.5, 0.6) is 0 Å². The molecule has 1 nitrogen and oxygen atoms in total. The molecule has 1 atom stereocenters. The fourth-order valence-corrected chi connectivity index (χ4v) is 4.08. The summed E-state index contributed by atoms with van der Waals surface area (Å²) >= 11 is 0. The van der Waals surface area contributed by atoms with Crippen LogP contribution in [0.25, 0.3) is 0 Å². The predicted molar refractivity (Wildman–Crippen MR) is 85.9 cm³/mol. The predicted octanol–water partition coefficient (Wildman–Crippen LogP) is 5.01. The van der Waals surface area contributed by atoms with Crippen molar-refractivity contribution < 1.29 is 0 Å². The molecule has 2 aliphatic rings. The fraction of sp³-hybridized carbons (Fsp3) is 0.684. The highest BCUT2D eigenvalue weighted by atomic mass is 14.9. The van der Waals surface area contributed by atoms with Crippen LogP contribution in [-0.4, -0.2) is 6.54 Å². The molecule has 1 heteroatoms. The van der Waals surface area contributed by atoms with Gasteiger partial charge < -0.3 is 5.32 Å². The molecule has 0 radical (unpaired) electrons. The maximum Gasteiger partial charge on any atom is 0.0323 e. The molecule has 1 aromatic carbocycles. The molecule has 0 bridgehead atoms. The van der Waals surface area contributed by atoms with Gasteiger partial charge in [-0.1, -0.05) is 56.9 Å². The van der Waals surface area contributed by atoms with Crippen LogP contribution >= 0.6 is 0 Å². The molecule has 1 unspecified atom stereocenters. The number of rotatable bonds is 3. The zero-order valence-electron chi connectivity index (χ0n) is 13.0. The van der Waals surface area contributed by atoms with E-state index >= 15 is 0 Å². The van der Waals surface area contributed by atoms with Crippen LogP contribution in [0.4, 0.5) is 0 Å². The summed E-state index contributed by atoms with van der Waals surface area (Å²) in [5.41, 5.74) is 3.69. The van der Waals surface area contributed by atoms with E-state index in [4.69, 9.17) is 0 Å². The first-order valence-corrected chi connectivity index (χ1v) is 8.58. The largest absolute Gasteiger partial charge is 0.309 e. The third-order valence-corrected chi connectivity index (χ3v) is 5.46. The number of nitrogens with one attached hydrogen (secondary N) is 1. The van der Waals surface area contributed by atoms with Gasteiger partial charge in [0, 0.05) is 12.6 Å². The molecule has 1 fully saturated rings. The van der Waals surface area contributed by atoms with Crippen LogP contribution in [0.15, 0.2) is 24.3 Å². The monoisotopic (exact) mass is 271 g/mol. The number of hydrogen-bond donors (Lipinski definition) is 1. The summed E-state index contributed by atoms with van der Waals surface area (Å²) in [5.74, 6) is 0. The minimum Gasteiger partial charge on any atom is -0.309 e. The molecule has 2 aliphatic carbocycles. The lowest BCUT2D eigenvalue weighted by molar-refractivity contribution is 0.198. The number of aryl methyl sites for hydroxylation is 1. The van der Waals surface area contributed by atoms with E-state index in [0.29, 0.717) is 11.5 Å². The van der Waals surface area contributed by atoms with E-state index in [1.165, 1.54) is 64.3 Å². The van der Waals surface area contributed by atoms with Crippen molar-refractivity contribution in [3.05, 3.63) is 35.4 Å². The van der Waals surface area contributed by atoms with Crippen molar-refractivity contribution in [3.8, 4) is 0 Å². The van der Waals surface area contributed by atoms with E-state index < -0.39 is 0 Å². The highest BCUT2D eigenvalue weighted by Crippen LogP contribution is 2.36. The first kappa shape index (κ1) is 14.1. The Balaban J connectivity index is 1.67. The zero-order valence-corrected chi connectivity index (χ0v) is 13.0. The van der Waals surface area contributed by atoms with Crippen LogP contribution in [0, 0.1) is 5.41 Å². The van der Waals surface area contributed by atoms with Crippen molar-refractivity contribution in [3.63, 3.8) is 0 Å². The molecule has 1 saturated carbocycles. The van der Waals surface area contributed by atoms with Crippen LogP contribution in [0.3, 0.4) is 0 Å². The van der Waals surface area contributed by atoms with Crippen molar-refractivity contribution in [2.75, 3.05) is 6.54 Å². The lowest BCUT2D eigenvalue weighted by atomic mass is 9.75.